The van der Waals surface area contributed by atoms with Crippen molar-refractivity contribution in [2.24, 2.45) is 5.41 Å². The summed E-state index contributed by atoms with van der Waals surface area (Å²) >= 11 is 0. The fourth-order valence-corrected chi connectivity index (χ4v) is 3.12. The Morgan fingerprint density at radius 2 is 2.17 bits per heavy atom. The lowest BCUT2D eigenvalue weighted by Gasteiger charge is -2.29. The lowest BCUT2D eigenvalue weighted by atomic mass is 9.85. The highest BCUT2D eigenvalue weighted by molar-refractivity contribution is 5.72. The van der Waals surface area contributed by atoms with Crippen LogP contribution in [0.15, 0.2) is 36.8 Å². The molecule has 0 N–H and O–H groups in total. The molecule has 92 valence electrons. The number of fused-ring (bicyclic) bond motifs is 1. The lowest BCUT2D eigenvalue weighted by Crippen LogP contribution is -2.25. The first-order chi connectivity index (χ1) is 8.63. The van der Waals surface area contributed by atoms with Crippen LogP contribution >= 0.6 is 0 Å². The maximum absolute atomic E-state index is 11.1. The average molecular weight is 240 g/mol. The summed E-state index contributed by atoms with van der Waals surface area (Å²) in [5.41, 5.74) is 3.42. The van der Waals surface area contributed by atoms with E-state index in [2.05, 4.69) is 43.1 Å². The highest BCUT2D eigenvalue weighted by Crippen LogP contribution is 2.47. The molecule has 3 nitrogen and oxygen atoms in total. The van der Waals surface area contributed by atoms with E-state index >= 15 is 0 Å². The van der Waals surface area contributed by atoms with Crippen LogP contribution in [0.3, 0.4) is 0 Å². The van der Waals surface area contributed by atoms with E-state index in [-0.39, 0.29) is 11.5 Å². The first-order valence-electron chi connectivity index (χ1n) is 6.18. The maximum Gasteiger partial charge on any atom is 0.168 e. The normalized spacial score (nSPS) is 20.7. The molecule has 1 aromatic heterocycles. The van der Waals surface area contributed by atoms with E-state index in [1.807, 2.05) is 4.57 Å². The van der Waals surface area contributed by atoms with Gasteiger partial charge in [-0.25, -0.2) is 4.98 Å². The molecule has 1 aromatic carbocycles. The van der Waals surface area contributed by atoms with Gasteiger partial charge in [-0.2, -0.15) is 0 Å². The second kappa shape index (κ2) is 3.80. The number of hydrogen-bond donors (Lipinski definition) is 0. The van der Waals surface area contributed by atoms with Crippen LogP contribution in [-0.4, -0.2) is 15.8 Å². The van der Waals surface area contributed by atoms with Crippen LogP contribution in [0.2, 0.25) is 0 Å². The molecule has 3 heteroatoms. The zero-order valence-electron chi connectivity index (χ0n) is 10.6. The Morgan fingerprint density at radius 3 is 2.94 bits per heavy atom. The number of carbonyl (C=O) groups is 1. The largest absolute Gasteiger partial charge is 0.320 e. The second-order valence-corrected chi connectivity index (χ2v) is 5.61. The van der Waals surface area contributed by atoms with Gasteiger partial charge in [-0.3, -0.25) is 4.79 Å². The van der Waals surface area contributed by atoms with Gasteiger partial charge in [-0.1, -0.05) is 38.1 Å². The summed E-state index contributed by atoms with van der Waals surface area (Å²) in [6.45, 7) is 4.48. The Hall–Kier alpha value is -1.90. The minimum Gasteiger partial charge on any atom is -0.320 e. The second-order valence-electron chi connectivity index (χ2n) is 5.61. The predicted octanol–water partition coefficient (Wildman–Crippen LogP) is 2.87. The van der Waals surface area contributed by atoms with E-state index in [4.69, 9.17) is 0 Å². The number of nitrogens with zero attached hydrogens (tertiary/aromatic N) is 2. The van der Waals surface area contributed by atoms with Crippen LogP contribution in [0.4, 0.5) is 0 Å². The van der Waals surface area contributed by atoms with Crippen LogP contribution in [0.1, 0.15) is 41.5 Å². The zero-order chi connectivity index (χ0) is 12.8. The fourth-order valence-electron chi connectivity index (χ4n) is 3.12. The summed E-state index contributed by atoms with van der Waals surface area (Å²) in [5, 5.41) is 0. The highest BCUT2D eigenvalue weighted by Gasteiger charge is 2.40. The number of aldehydes is 1. The van der Waals surface area contributed by atoms with E-state index in [1.165, 1.54) is 11.1 Å². The smallest absolute Gasteiger partial charge is 0.168 e. The molecule has 0 aliphatic heterocycles. The summed E-state index contributed by atoms with van der Waals surface area (Å²) in [5.74, 6) is 0. The molecular formula is C15H16N2O. The van der Waals surface area contributed by atoms with Crippen LogP contribution in [0.25, 0.3) is 0 Å². The zero-order valence-corrected chi connectivity index (χ0v) is 10.6. The molecule has 0 saturated carbocycles. The molecule has 0 radical (unpaired) electrons. The number of imidazole rings is 1. The highest BCUT2D eigenvalue weighted by atomic mass is 16.1. The maximum atomic E-state index is 11.1. The minimum absolute atomic E-state index is 0.0994. The van der Waals surface area contributed by atoms with Gasteiger partial charge in [-0.05, 0) is 23.0 Å². The summed E-state index contributed by atoms with van der Waals surface area (Å²) < 4.78 is 2.00. The van der Waals surface area contributed by atoms with Crippen molar-refractivity contribution >= 4 is 6.29 Å². The molecule has 1 aliphatic carbocycles. The third kappa shape index (κ3) is 1.50. The van der Waals surface area contributed by atoms with Gasteiger partial charge in [0.25, 0.3) is 0 Å². The predicted molar refractivity (Wildman–Crippen MR) is 69.7 cm³/mol. The van der Waals surface area contributed by atoms with Gasteiger partial charge >= 0.3 is 0 Å². The van der Waals surface area contributed by atoms with Gasteiger partial charge in [0.1, 0.15) is 5.69 Å². The van der Waals surface area contributed by atoms with Gasteiger partial charge in [0.15, 0.2) is 6.29 Å². The summed E-state index contributed by atoms with van der Waals surface area (Å²) in [6.07, 6.45) is 5.30. The van der Waals surface area contributed by atoms with E-state index in [0.717, 1.165) is 12.7 Å². The molecule has 3 rings (SSSR count). The van der Waals surface area contributed by atoms with Crippen molar-refractivity contribution in [1.29, 1.82) is 0 Å². The van der Waals surface area contributed by atoms with Gasteiger partial charge in [0.05, 0.1) is 18.6 Å². The number of benzene rings is 1. The van der Waals surface area contributed by atoms with Crippen LogP contribution < -0.4 is 0 Å². The number of hydrogen-bond acceptors (Lipinski definition) is 2. The molecule has 2 aromatic rings. The van der Waals surface area contributed by atoms with Gasteiger partial charge in [0.2, 0.25) is 0 Å². The minimum atomic E-state index is 0.0994. The molecule has 0 spiro atoms. The van der Waals surface area contributed by atoms with Crippen molar-refractivity contribution in [2.45, 2.75) is 26.3 Å². The van der Waals surface area contributed by atoms with E-state index < -0.39 is 0 Å². The fraction of sp³-hybridized carbons (Fsp3) is 0.333. The van der Waals surface area contributed by atoms with Gasteiger partial charge in [0, 0.05) is 0 Å². The molecule has 0 saturated heterocycles. The monoisotopic (exact) mass is 240 g/mol. The third-order valence-electron chi connectivity index (χ3n) is 3.83. The average Bonchev–Trinajstić information content (AvgIpc) is 2.87. The Labute approximate surface area is 106 Å². The standard InChI is InChI=1S/C15H16N2O/c1-15(2)7-11-5-3-4-6-13(11)14(15)17-10-16-8-12(17)9-18/h3-6,8-10,14H,7H2,1-2H3. The number of rotatable bonds is 2. The Kier molecular flexibility index (Phi) is 2.37. The Morgan fingerprint density at radius 1 is 1.39 bits per heavy atom. The molecule has 18 heavy (non-hydrogen) atoms. The first-order valence-corrected chi connectivity index (χ1v) is 6.18. The van der Waals surface area contributed by atoms with Crippen LogP contribution in [0, 0.1) is 5.41 Å². The topological polar surface area (TPSA) is 34.9 Å². The van der Waals surface area contributed by atoms with Crippen molar-refractivity contribution in [2.75, 3.05) is 0 Å². The molecule has 1 aliphatic rings. The van der Waals surface area contributed by atoms with Crippen molar-refractivity contribution in [3.8, 4) is 0 Å². The Bertz CT molecular complexity index is 598. The number of aromatic nitrogens is 2. The van der Waals surface area contributed by atoms with Crippen LogP contribution in [0.5, 0.6) is 0 Å². The van der Waals surface area contributed by atoms with Gasteiger partial charge < -0.3 is 4.57 Å². The van der Waals surface area contributed by atoms with E-state index in [1.54, 1.807) is 12.5 Å². The van der Waals surface area contributed by atoms with E-state index in [0.29, 0.717) is 5.69 Å². The van der Waals surface area contributed by atoms with Gasteiger partial charge in [-0.15, -0.1) is 0 Å². The molecule has 0 fully saturated rings. The first kappa shape index (κ1) is 11.2. The van der Waals surface area contributed by atoms with E-state index in [9.17, 15) is 4.79 Å². The van der Waals surface area contributed by atoms with Crippen molar-refractivity contribution in [3.05, 3.63) is 53.6 Å². The molecule has 1 atom stereocenters. The summed E-state index contributed by atoms with van der Waals surface area (Å²) in [4.78, 5) is 15.2. The van der Waals surface area contributed by atoms with Crippen molar-refractivity contribution in [1.82, 2.24) is 9.55 Å². The van der Waals surface area contributed by atoms with Crippen molar-refractivity contribution < 1.29 is 4.79 Å². The third-order valence-corrected chi connectivity index (χ3v) is 3.83. The number of carbonyl (C=O) groups excluding carboxylic acids is 1. The molecular weight excluding hydrogens is 224 g/mol. The SMILES string of the molecule is CC1(C)Cc2ccccc2C1n1cncc1C=O. The quantitative estimate of drug-likeness (QED) is 0.756. The molecule has 0 bridgehead atoms. The molecule has 1 unspecified atom stereocenters. The summed E-state index contributed by atoms with van der Waals surface area (Å²) in [7, 11) is 0. The molecule has 1 heterocycles. The Balaban J connectivity index is 2.18. The lowest BCUT2D eigenvalue weighted by molar-refractivity contribution is 0.111. The van der Waals surface area contributed by atoms with Crippen LogP contribution in [-0.2, 0) is 6.42 Å². The summed E-state index contributed by atoms with van der Waals surface area (Å²) in [6, 6.07) is 8.66. The van der Waals surface area contributed by atoms with Crippen molar-refractivity contribution in [3.63, 3.8) is 0 Å². The molecule has 0 amide bonds.